The average Bonchev–Trinajstić information content (AvgIpc) is 1.87. The Morgan fingerprint density at radius 3 is 2.09 bits per heavy atom. The molecule has 0 unspecified atom stereocenters. The van der Waals surface area contributed by atoms with Gasteiger partial charge in [0.2, 0.25) is 0 Å². The Bertz CT molecular complexity index is 150. The summed E-state index contributed by atoms with van der Waals surface area (Å²) >= 11 is 0. The molecule has 2 nitrogen and oxygen atoms in total. The van der Waals surface area contributed by atoms with Crippen molar-refractivity contribution in [2.75, 3.05) is 19.6 Å². The number of nitrogens with two attached hydrogens (primary N) is 1. The molecule has 0 radical (unpaired) electrons. The van der Waals surface area contributed by atoms with Gasteiger partial charge in [-0.1, -0.05) is 13.8 Å². The Morgan fingerprint density at radius 2 is 1.82 bits per heavy atom. The molecular weight excluding hydrogens is 136 g/mol. The standard InChI is InChI=1S/C9H20N2/c1-8(2)7-11(6-5-10)9(8,3)4/h5-7,10H2,1-4H3. The number of nitrogens with zero attached hydrogens (tertiary/aromatic N) is 1. The largest absolute Gasteiger partial charge is 0.329 e. The van der Waals surface area contributed by atoms with Gasteiger partial charge in [0.15, 0.2) is 0 Å². The Hall–Kier alpha value is -0.0800. The van der Waals surface area contributed by atoms with Crippen molar-refractivity contribution in [2.45, 2.75) is 33.2 Å². The number of likely N-dealkylation sites (tertiary alicyclic amines) is 1. The van der Waals surface area contributed by atoms with Crippen LogP contribution in [0.3, 0.4) is 0 Å². The third-order valence-corrected chi connectivity index (χ3v) is 3.43. The molecule has 1 heterocycles. The van der Waals surface area contributed by atoms with Crippen LogP contribution >= 0.6 is 0 Å². The fraction of sp³-hybridized carbons (Fsp3) is 1.00. The van der Waals surface area contributed by atoms with Crippen LogP contribution in [-0.2, 0) is 0 Å². The lowest BCUT2D eigenvalue weighted by atomic mass is 9.65. The van der Waals surface area contributed by atoms with Crippen LogP contribution in [0.15, 0.2) is 0 Å². The highest BCUT2D eigenvalue weighted by atomic mass is 15.3. The zero-order chi connectivity index (χ0) is 8.70. The summed E-state index contributed by atoms with van der Waals surface area (Å²) in [5.74, 6) is 0. The van der Waals surface area contributed by atoms with Gasteiger partial charge in [0.1, 0.15) is 0 Å². The maximum atomic E-state index is 5.51. The summed E-state index contributed by atoms with van der Waals surface area (Å²) in [6, 6.07) is 0. The van der Waals surface area contributed by atoms with Gasteiger partial charge in [-0.2, -0.15) is 0 Å². The SMILES string of the molecule is CC1(C)CN(CCN)C1(C)C. The summed E-state index contributed by atoms with van der Waals surface area (Å²) in [5, 5.41) is 0. The van der Waals surface area contributed by atoms with E-state index in [1.54, 1.807) is 0 Å². The summed E-state index contributed by atoms with van der Waals surface area (Å²) in [4.78, 5) is 2.45. The maximum Gasteiger partial charge on any atom is 0.0217 e. The number of rotatable bonds is 2. The van der Waals surface area contributed by atoms with Gasteiger partial charge in [0, 0.05) is 25.2 Å². The van der Waals surface area contributed by atoms with Gasteiger partial charge in [-0.25, -0.2) is 0 Å². The monoisotopic (exact) mass is 156 g/mol. The summed E-state index contributed by atoms with van der Waals surface area (Å²) < 4.78 is 0. The second kappa shape index (κ2) is 2.46. The molecule has 0 bridgehead atoms. The minimum Gasteiger partial charge on any atom is -0.329 e. The van der Waals surface area contributed by atoms with Gasteiger partial charge in [-0.05, 0) is 19.3 Å². The highest BCUT2D eigenvalue weighted by Crippen LogP contribution is 2.45. The van der Waals surface area contributed by atoms with Crippen LogP contribution in [0, 0.1) is 5.41 Å². The fourth-order valence-electron chi connectivity index (χ4n) is 1.72. The van der Waals surface area contributed by atoms with E-state index in [9.17, 15) is 0 Å². The first kappa shape index (κ1) is 9.01. The van der Waals surface area contributed by atoms with Gasteiger partial charge in [-0.3, -0.25) is 4.90 Å². The molecule has 1 aliphatic heterocycles. The summed E-state index contributed by atoms with van der Waals surface area (Å²) in [7, 11) is 0. The van der Waals surface area contributed by atoms with Gasteiger partial charge in [0.05, 0.1) is 0 Å². The van der Waals surface area contributed by atoms with Crippen molar-refractivity contribution < 1.29 is 0 Å². The Balaban J connectivity index is 2.54. The summed E-state index contributed by atoms with van der Waals surface area (Å²) in [5.41, 5.74) is 6.31. The van der Waals surface area contributed by atoms with E-state index in [2.05, 4.69) is 32.6 Å². The van der Waals surface area contributed by atoms with Crippen molar-refractivity contribution in [1.29, 1.82) is 0 Å². The van der Waals surface area contributed by atoms with Crippen molar-refractivity contribution in [2.24, 2.45) is 11.1 Å². The predicted octanol–water partition coefficient (Wildman–Crippen LogP) is 1.07. The Morgan fingerprint density at radius 1 is 1.27 bits per heavy atom. The topological polar surface area (TPSA) is 29.3 Å². The van der Waals surface area contributed by atoms with E-state index in [0.717, 1.165) is 13.1 Å². The lowest BCUT2D eigenvalue weighted by Crippen LogP contribution is -2.69. The third kappa shape index (κ3) is 1.18. The molecule has 0 amide bonds. The van der Waals surface area contributed by atoms with Crippen molar-refractivity contribution >= 4 is 0 Å². The van der Waals surface area contributed by atoms with E-state index < -0.39 is 0 Å². The zero-order valence-corrected chi connectivity index (χ0v) is 8.15. The van der Waals surface area contributed by atoms with Crippen molar-refractivity contribution in [3.63, 3.8) is 0 Å². The van der Waals surface area contributed by atoms with Gasteiger partial charge >= 0.3 is 0 Å². The molecule has 0 aromatic rings. The highest BCUT2D eigenvalue weighted by Gasteiger charge is 2.51. The molecule has 0 aromatic carbocycles. The van der Waals surface area contributed by atoms with Crippen LogP contribution in [0.1, 0.15) is 27.7 Å². The quantitative estimate of drug-likeness (QED) is 0.648. The minimum absolute atomic E-state index is 0.340. The molecule has 0 aromatic heterocycles. The van der Waals surface area contributed by atoms with Crippen molar-refractivity contribution in [1.82, 2.24) is 4.90 Å². The fourth-order valence-corrected chi connectivity index (χ4v) is 1.72. The average molecular weight is 156 g/mol. The third-order valence-electron chi connectivity index (χ3n) is 3.43. The molecule has 0 saturated carbocycles. The molecule has 1 rings (SSSR count). The molecule has 11 heavy (non-hydrogen) atoms. The van der Waals surface area contributed by atoms with Crippen LogP contribution in [0.5, 0.6) is 0 Å². The molecule has 2 N–H and O–H groups in total. The molecule has 2 heteroatoms. The van der Waals surface area contributed by atoms with Gasteiger partial charge in [0.25, 0.3) is 0 Å². The van der Waals surface area contributed by atoms with Crippen molar-refractivity contribution in [3.8, 4) is 0 Å². The second-order valence-electron chi connectivity index (χ2n) is 4.65. The van der Waals surface area contributed by atoms with Crippen LogP contribution in [0.4, 0.5) is 0 Å². The molecule has 66 valence electrons. The molecule has 1 aliphatic rings. The van der Waals surface area contributed by atoms with Gasteiger partial charge < -0.3 is 5.73 Å². The van der Waals surface area contributed by atoms with E-state index in [0.29, 0.717) is 11.0 Å². The maximum absolute atomic E-state index is 5.51. The Kier molecular flexibility index (Phi) is 2.01. The van der Waals surface area contributed by atoms with Crippen LogP contribution < -0.4 is 5.73 Å². The van der Waals surface area contributed by atoms with E-state index in [4.69, 9.17) is 5.73 Å². The van der Waals surface area contributed by atoms with E-state index in [1.807, 2.05) is 0 Å². The smallest absolute Gasteiger partial charge is 0.0217 e. The van der Waals surface area contributed by atoms with Crippen LogP contribution in [0.2, 0.25) is 0 Å². The molecular formula is C9H20N2. The second-order valence-corrected chi connectivity index (χ2v) is 4.65. The lowest BCUT2D eigenvalue weighted by Gasteiger charge is -2.61. The lowest BCUT2D eigenvalue weighted by molar-refractivity contribution is -0.114. The van der Waals surface area contributed by atoms with Gasteiger partial charge in [-0.15, -0.1) is 0 Å². The number of hydrogen-bond acceptors (Lipinski definition) is 2. The first-order valence-corrected chi connectivity index (χ1v) is 4.37. The first-order chi connectivity index (χ1) is 4.92. The molecule has 0 atom stereocenters. The van der Waals surface area contributed by atoms with E-state index in [-0.39, 0.29) is 0 Å². The molecule has 0 aliphatic carbocycles. The van der Waals surface area contributed by atoms with Crippen molar-refractivity contribution in [3.05, 3.63) is 0 Å². The summed E-state index contributed by atoms with van der Waals surface area (Å²) in [6.07, 6.45) is 0. The molecule has 1 saturated heterocycles. The zero-order valence-electron chi connectivity index (χ0n) is 8.15. The minimum atomic E-state index is 0.340. The van der Waals surface area contributed by atoms with Crippen LogP contribution in [-0.4, -0.2) is 30.1 Å². The first-order valence-electron chi connectivity index (χ1n) is 4.37. The summed E-state index contributed by atoms with van der Waals surface area (Å²) in [6.45, 7) is 12.2. The molecule has 0 spiro atoms. The van der Waals surface area contributed by atoms with E-state index >= 15 is 0 Å². The van der Waals surface area contributed by atoms with Crippen LogP contribution in [0.25, 0.3) is 0 Å². The number of hydrogen-bond donors (Lipinski definition) is 1. The highest BCUT2D eigenvalue weighted by molar-refractivity contribution is 5.06. The normalized spacial score (nSPS) is 28.1. The molecule has 1 fully saturated rings. The predicted molar refractivity (Wildman–Crippen MR) is 48.5 cm³/mol. The van der Waals surface area contributed by atoms with E-state index in [1.165, 1.54) is 6.54 Å². The Labute approximate surface area is 69.8 Å².